The highest BCUT2D eigenvalue weighted by Gasteiger charge is 2.18. The molecule has 4 rings (SSSR count). The van der Waals surface area contributed by atoms with Gasteiger partial charge in [0.05, 0.1) is 6.61 Å². The normalized spacial score (nSPS) is 14.4. The van der Waals surface area contributed by atoms with Crippen LogP contribution in [0.3, 0.4) is 0 Å². The maximum absolute atomic E-state index is 13.8. The Balaban J connectivity index is 1.41. The average molecular weight is 386 g/mol. The molecule has 0 bridgehead atoms. The molecule has 0 aliphatic carbocycles. The van der Waals surface area contributed by atoms with Gasteiger partial charge in [-0.1, -0.05) is 49.0 Å². The van der Waals surface area contributed by atoms with E-state index < -0.39 is 0 Å². The molecule has 1 aliphatic heterocycles. The summed E-state index contributed by atoms with van der Waals surface area (Å²) in [6.45, 7) is 2.66. The van der Waals surface area contributed by atoms with E-state index in [0.29, 0.717) is 35.6 Å². The van der Waals surface area contributed by atoms with Crippen LogP contribution in [0.5, 0.6) is 5.75 Å². The highest BCUT2D eigenvalue weighted by atomic mass is 32.2. The first kappa shape index (κ1) is 18.0. The molecule has 0 N–H and O–H groups in total. The lowest BCUT2D eigenvalue weighted by Crippen LogP contribution is -2.13. The second-order valence-electron chi connectivity index (χ2n) is 6.43. The van der Waals surface area contributed by atoms with Crippen LogP contribution in [0.2, 0.25) is 0 Å². The number of rotatable bonds is 6. The van der Waals surface area contributed by atoms with E-state index in [9.17, 15) is 4.39 Å². The van der Waals surface area contributed by atoms with Crippen molar-refractivity contribution in [2.45, 2.75) is 36.8 Å². The molecule has 1 aliphatic rings. The number of benzene rings is 2. The Labute approximate surface area is 160 Å². The second-order valence-corrected chi connectivity index (χ2v) is 7.36. The third-order valence-corrected chi connectivity index (χ3v) is 5.27. The van der Waals surface area contributed by atoms with Crippen molar-refractivity contribution < 1.29 is 18.3 Å². The van der Waals surface area contributed by atoms with Gasteiger partial charge in [-0.2, -0.15) is 0 Å². The molecule has 0 saturated heterocycles. The lowest BCUT2D eigenvalue weighted by molar-refractivity contribution is -0.0171. The summed E-state index contributed by atoms with van der Waals surface area (Å²) in [5.41, 5.74) is 2.71. The van der Waals surface area contributed by atoms with Crippen LogP contribution in [0.4, 0.5) is 4.39 Å². The zero-order valence-electron chi connectivity index (χ0n) is 14.9. The minimum atomic E-state index is -0.304. The van der Waals surface area contributed by atoms with Crippen molar-refractivity contribution in [3.63, 3.8) is 0 Å². The standard InChI is InChI=1S/C20H19FN2O3S/c1-13(14-5-3-2-4-6-14)7-18-22-23-20(26-18)27-11-16-9-17(21)8-15-10-24-12-25-19(15)16/h2-6,8-9,13H,7,10-12H2,1H3. The predicted octanol–water partition coefficient (Wildman–Crippen LogP) is 4.71. The van der Waals surface area contributed by atoms with E-state index in [1.807, 2.05) is 18.2 Å². The van der Waals surface area contributed by atoms with Crippen molar-refractivity contribution in [2.75, 3.05) is 6.79 Å². The fraction of sp³-hybridized carbons (Fsp3) is 0.300. The molecule has 7 heteroatoms. The molecule has 27 heavy (non-hydrogen) atoms. The lowest BCUT2D eigenvalue weighted by Gasteiger charge is -2.20. The van der Waals surface area contributed by atoms with Crippen LogP contribution in [0.1, 0.15) is 35.4 Å². The van der Waals surface area contributed by atoms with Gasteiger partial charge < -0.3 is 13.9 Å². The topological polar surface area (TPSA) is 57.4 Å². The number of halogens is 1. The Morgan fingerprint density at radius 1 is 1.19 bits per heavy atom. The van der Waals surface area contributed by atoms with Gasteiger partial charge in [-0.3, -0.25) is 0 Å². The summed E-state index contributed by atoms with van der Waals surface area (Å²) in [4.78, 5) is 0. The fourth-order valence-corrected chi connectivity index (χ4v) is 3.79. The molecule has 140 valence electrons. The minimum Gasteiger partial charge on any atom is -0.467 e. The second kappa shape index (κ2) is 8.10. The largest absolute Gasteiger partial charge is 0.467 e. The highest BCUT2D eigenvalue weighted by Crippen LogP contribution is 2.34. The van der Waals surface area contributed by atoms with Crippen molar-refractivity contribution in [1.82, 2.24) is 10.2 Å². The van der Waals surface area contributed by atoms with Gasteiger partial charge in [0.15, 0.2) is 6.79 Å². The Morgan fingerprint density at radius 3 is 2.89 bits per heavy atom. The van der Waals surface area contributed by atoms with Crippen LogP contribution in [0, 0.1) is 5.82 Å². The van der Waals surface area contributed by atoms with Gasteiger partial charge in [-0.25, -0.2) is 4.39 Å². The first-order valence-corrected chi connectivity index (χ1v) is 9.69. The monoisotopic (exact) mass is 386 g/mol. The number of thioether (sulfide) groups is 1. The number of hydrogen-bond acceptors (Lipinski definition) is 6. The van der Waals surface area contributed by atoms with Crippen LogP contribution < -0.4 is 4.74 Å². The zero-order valence-corrected chi connectivity index (χ0v) is 15.7. The van der Waals surface area contributed by atoms with Crippen LogP contribution in [-0.4, -0.2) is 17.0 Å². The summed E-state index contributed by atoms with van der Waals surface area (Å²) >= 11 is 1.37. The van der Waals surface area contributed by atoms with E-state index in [1.165, 1.54) is 29.5 Å². The summed E-state index contributed by atoms with van der Waals surface area (Å²) in [5, 5.41) is 8.70. The molecule has 1 aromatic heterocycles. The molecule has 0 spiro atoms. The first-order chi connectivity index (χ1) is 13.2. The Bertz CT molecular complexity index is 917. The van der Waals surface area contributed by atoms with E-state index in [0.717, 1.165) is 11.1 Å². The molecule has 1 atom stereocenters. The van der Waals surface area contributed by atoms with Crippen molar-refractivity contribution in [3.8, 4) is 5.75 Å². The summed E-state index contributed by atoms with van der Waals surface area (Å²) in [6.07, 6.45) is 0.674. The summed E-state index contributed by atoms with van der Waals surface area (Å²) in [6, 6.07) is 13.1. The Morgan fingerprint density at radius 2 is 2.04 bits per heavy atom. The molecule has 0 radical (unpaired) electrons. The molecule has 2 heterocycles. The van der Waals surface area contributed by atoms with Gasteiger partial charge in [-0.15, -0.1) is 10.2 Å². The van der Waals surface area contributed by atoms with E-state index >= 15 is 0 Å². The molecule has 0 amide bonds. The first-order valence-electron chi connectivity index (χ1n) is 8.71. The number of fused-ring (bicyclic) bond motifs is 1. The SMILES string of the molecule is CC(Cc1nnc(SCc2cc(F)cc3c2OCOC3)o1)c1ccccc1. The molecular formula is C20H19FN2O3S. The fourth-order valence-electron chi connectivity index (χ4n) is 3.04. The zero-order chi connectivity index (χ0) is 18.6. The minimum absolute atomic E-state index is 0.179. The van der Waals surface area contributed by atoms with E-state index in [1.54, 1.807) is 0 Å². The number of hydrogen-bond donors (Lipinski definition) is 0. The van der Waals surface area contributed by atoms with Gasteiger partial charge in [-0.05, 0) is 23.6 Å². The Hall–Kier alpha value is -2.38. The molecular weight excluding hydrogens is 367 g/mol. The molecule has 2 aromatic carbocycles. The van der Waals surface area contributed by atoms with Crippen LogP contribution >= 0.6 is 11.8 Å². The van der Waals surface area contributed by atoms with Crippen molar-refractivity contribution >= 4 is 11.8 Å². The van der Waals surface area contributed by atoms with Crippen molar-refractivity contribution in [3.05, 3.63) is 70.9 Å². The maximum Gasteiger partial charge on any atom is 0.276 e. The predicted molar refractivity (Wildman–Crippen MR) is 99.1 cm³/mol. The van der Waals surface area contributed by atoms with E-state index in [4.69, 9.17) is 13.9 Å². The molecule has 1 unspecified atom stereocenters. The number of aromatic nitrogens is 2. The quantitative estimate of drug-likeness (QED) is 0.572. The Kier molecular flexibility index (Phi) is 5.40. The number of nitrogens with zero attached hydrogens (tertiary/aromatic N) is 2. The van der Waals surface area contributed by atoms with Gasteiger partial charge in [0.1, 0.15) is 11.6 Å². The maximum atomic E-state index is 13.8. The average Bonchev–Trinajstić information content (AvgIpc) is 3.14. The molecule has 0 fully saturated rings. The van der Waals surface area contributed by atoms with Gasteiger partial charge in [0, 0.05) is 23.3 Å². The van der Waals surface area contributed by atoms with Gasteiger partial charge >= 0.3 is 0 Å². The van der Waals surface area contributed by atoms with Crippen LogP contribution in [0.15, 0.2) is 52.1 Å². The summed E-state index contributed by atoms with van der Waals surface area (Å²) < 4.78 is 30.3. The van der Waals surface area contributed by atoms with Gasteiger partial charge in [0.2, 0.25) is 5.89 Å². The molecule has 3 aromatic rings. The lowest BCUT2D eigenvalue weighted by atomic mass is 9.98. The van der Waals surface area contributed by atoms with Gasteiger partial charge in [0.25, 0.3) is 5.22 Å². The van der Waals surface area contributed by atoms with Crippen LogP contribution in [0.25, 0.3) is 0 Å². The van der Waals surface area contributed by atoms with Crippen molar-refractivity contribution in [1.29, 1.82) is 0 Å². The third kappa shape index (κ3) is 4.31. The summed E-state index contributed by atoms with van der Waals surface area (Å²) in [7, 11) is 0. The summed E-state index contributed by atoms with van der Waals surface area (Å²) in [5.74, 6) is 1.75. The smallest absolute Gasteiger partial charge is 0.276 e. The highest BCUT2D eigenvalue weighted by molar-refractivity contribution is 7.98. The molecule has 5 nitrogen and oxygen atoms in total. The third-order valence-electron chi connectivity index (χ3n) is 4.40. The van der Waals surface area contributed by atoms with Crippen molar-refractivity contribution in [2.24, 2.45) is 0 Å². The van der Waals surface area contributed by atoms with Crippen LogP contribution in [-0.2, 0) is 23.5 Å². The number of ether oxygens (including phenoxy) is 2. The van der Waals surface area contributed by atoms with E-state index in [-0.39, 0.29) is 18.5 Å². The van der Waals surface area contributed by atoms with E-state index in [2.05, 4.69) is 29.3 Å². The molecule has 0 saturated carbocycles.